The quantitative estimate of drug-likeness (QED) is 0.591. The average Bonchev–Trinajstić information content (AvgIpc) is 2.70. The number of rotatable bonds is 4. The molecule has 1 aromatic rings. The van der Waals surface area contributed by atoms with Gasteiger partial charge in [-0.15, -0.1) is 0 Å². The minimum absolute atomic E-state index is 0.00330. The van der Waals surface area contributed by atoms with Crippen molar-refractivity contribution in [2.45, 2.75) is 52.0 Å². The number of nitrogens with two attached hydrogens (primary N) is 1. The van der Waals surface area contributed by atoms with Crippen LogP contribution in [-0.4, -0.2) is 29.2 Å². The van der Waals surface area contributed by atoms with Crippen molar-refractivity contribution in [1.29, 1.82) is 0 Å². The second-order valence-corrected chi connectivity index (χ2v) is 8.63. The molecule has 4 nitrogen and oxygen atoms in total. The molecule has 9 heteroatoms. The van der Waals surface area contributed by atoms with Crippen LogP contribution in [-0.2, 0) is 20.3 Å². The Bertz CT molecular complexity index is 747. The average molecular weight is 401 g/mol. The van der Waals surface area contributed by atoms with Crippen molar-refractivity contribution >= 4 is 35.8 Å². The Kier molecular flexibility index (Phi) is 6.09. The topological polar surface area (TPSA) is 61.6 Å². The lowest BCUT2D eigenvalue weighted by Gasteiger charge is -2.32. The highest BCUT2D eigenvalue weighted by molar-refractivity contribution is 8.13. The monoisotopic (exact) mass is 401 g/mol. The summed E-state index contributed by atoms with van der Waals surface area (Å²) in [7, 11) is -0.766. The van der Waals surface area contributed by atoms with E-state index >= 15 is 0 Å². The SMILES string of the molecule is CC(=O)SCC(=Cc1cc(N)cc(C(F)(F)F)c1)B1OC(C)(C)C(C)(C)O1. The predicted molar refractivity (Wildman–Crippen MR) is 103 cm³/mol. The number of halogens is 3. The van der Waals surface area contributed by atoms with Crippen LogP contribution in [0.4, 0.5) is 18.9 Å². The van der Waals surface area contributed by atoms with E-state index in [-0.39, 0.29) is 22.1 Å². The Morgan fingerprint density at radius 1 is 1.19 bits per heavy atom. The molecule has 0 aromatic heterocycles. The Balaban J connectivity index is 2.43. The molecule has 0 bridgehead atoms. The zero-order valence-electron chi connectivity index (χ0n) is 15.9. The Morgan fingerprint density at radius 2 is 1.74 bits per heavy atom. The van der Waals surface area contributed by atoms with Gasteiger partial charge in [0.1, 0.15) is 0 Å². The highest BCUT2D eigenvalue weighted by atomic mass is 32.2. The highest BCUT2D eigenvalue weighted by Crippen LogP contribution is 2.40. The van der Waals surface area contributed by atoms with Gasteiger partial charge >= 0.3 is 13.3 Å². The van der Waals surface area contributed by atoms with Crippen molar-refractivity contribution in [2.24, 2.45) is 0 Å². The molecule has 0 unspecified atom stereocenters. The number of hydrogen-bond acceptors (Lipinski definition) is 5. The van der Waals surface area contributed by atoms with Gasteiger partial charge in [0.05, 0.1) is 16.8 Å². The fourth-order valence-electron chi connectivity index (χ4n) is 2.49. The molecule has 2 rings (SSSR count). The van der Waals surface area contributed by atoms with Gasteiger partial charge < -0.3 is 15.0 Å². The van der Waals surface area contributed by atoms with E-state index in [4.69, 9.17) is 15.0 Å². The van der Waals surface area contributed by atoms with Crippen molar-refractivity contribution in [3.63, 3.8) is 0 Å². The molecule has 0 aliphatic carbocycles. The summed E-state index contributed by atoms with van der Waals surface area (Å²) in [6.45, 7) is 8.95. The van der Waals surface area contributed by atoms with Gasteiger partial charge in [-0.1, -0.05) is 17.8 Å². The van der Waals surface area contributed by atoms with Gasteiger partial charge in [0.15, 0.2) is 5.12 Å². The number of hydrogen-bond donors (Lipinski definition) is 1. The molecule has 1 aromatic carbocycles. The van der Waals surface area contributed by atoms with Gasteiger partial charge in [-0.2, -0.15) is 13.2 Å². The fourth-order valence-corrected chi connectivity index (χ4v) is 3.08. The molecular weight excluding hydrogens is 378 g/mol. The lowest BCUT2D eigenvalue weighted by Crippen LogP contribution is -2.41. The first-order valence-corrected chi connectivity index (χ1v) is 9.37. The molecule has 0 spiro atoms. The van der Waals surface area contributed by atoms with Gasteiger partial charge in [-0.25, -0.2) is 0 Å². The predicted octanol–water partition coefficient (Wildman–Crippen LogP) is 4.58. The van der Waals surface area contributed by atoms with Crippen LogP contribution in [0, 0.1) is 0 Å². The lowest BCUT2D eigenvalue weighted by molar-refractivity contribution is -0.137. The van der Waals surface area contributed by atoms with Crippen molar-refractivity contribution in [2.75, 3.05) is 11.5 Å². The summed E-state index contributed by atoms with van der Waals surface area (Å²) in [6, 6.07) is 3.34. The van der Waals surface area contributed by atoms with E-state index in [2.05, 4.69) is 0 Å². The zero-order chi connectivity index (χ0) is 20.6. The third-order valence-corrected chi connectivity index (χ3v) is 5.54. The molecule has 0 radical (unpaired) electrons. The number of nitrogen functional groups attached to an aromatic ring is 1. The molecule has 0 saturated carbocycles. The minimum Gasteiger partial charge on any atom is -0.400 e. The molecule has 1 aliphatic rings. The lowest BCUT2D eigenvalue weighted by atomic mass is 9.78. The van der Waals surface area contributed by atoms with E-state index in [0.717, 1.165) is 23.9 Å². The number of thioether (sulfide) groups is 1. The minimum atomic E-state index is -4.50. The van der Waals surface area contributed by atoms with E-state index in [1.165, 1.54) is 13.0 Å². The summed E-state index contributed by atoms with van der Waals surface area (Å²) in [4.78, 5) is 11.4. The normalized spacial score (nSPS) is 19.4. The summed E-state index contributed by atoms with van der Waals surface area (Å²) in [5.41, 5.74) is 4.44. The van der Waals surface area contributed by atoms with Crippen molar-refractivity contribution in [3.05, 3.63) is 34.8 Å². The molecular formula is C18H23BF3NO3S. The van der Waals surface area contributed by atoms with Crippen LogP contribution in [0.2, 0.25) is 0 Å². The number of alkyl halides is 3. The molecule has 148 valence electrons. The van der Waals surface area contributed by atoms with Crippen LogP contribution in [0.25, 0.3) is 6.08 Å². The van der Waals surface area contributed by atoms with Gasteiger partial charge in [0, 0.05) is 18.4 Å². The zero-order valence-corrected chi connectivity index (χ0v) is 16.8. The first kappa shape index (κ1) is 21.9. The third kappa shape index (κ3) is 5.30. The van der Waals surface area contributed by atoms with Crippen LogP contribution in [0.5, 0.6) is 0 Å². The summed E-state index contributed by atoms with van der Waals surface area (Å²) in [5.74, 6) is 0.238. The van der Waals surface area contributed by atoms with E-state index < -0.39 is 30.1 Å². The van der Waals surface area contributed by atoms with E-state index in [0.29, 0.717) is 5.47 Å². The van der Waals surface area contributed by atoms with Crippen LogP contribution in [0.3, 0.4) is 0 Å². The number of benzene rings is 1. The number of anilines is 1. The van der Waals surface area contributed by atoms with Gasteiger partial charge in [0.25, 0.3) is 0 Å². The smallest absolute Gasteiger partial charge is 0.400 e. The standard InChI is InChI=1S/C18H23BF3NO3S/c1-11(24)27-10-14(19-25-16(2,3)17(4,5)26-19)7-12-6-13(18(20,21)22)9-15(23)8-12/h6-9H,10,23H2,1-5H3. The maximum Gasteiger partial charge on any atom is 0.491 e. The van der Waals surface area contributed by atoms with Gasteiger partial charge in [-0.05, 0) is 56.9 Å². The van der Waals surface area contributed by atoms with Crippen LogP contribution >= 0.6 is 11.8 Å². The Labute approximate surface area is 161 Å². The van der Waals surface area contributed by atoms with Crippen molar-refractivity contribution < 1.29 is 27.3 Å². The Hall–Kier alpha value is -1.45. The van der Waals surface area contributed by atoms with E-state index in [1.54, 1.807) is 6.08 Å². The molecule has 1 saturated heterocycles. The largest absolute Gasteiger partial charge is 0.491 e. The third-order valence-electron chi connectivity index (χ3n) is 4.66. The van der Waals surface area contributed by atoms with Crippen LogP contribution < -0.4 is 5.73 Å². The summed E-state index contributed by atoms with van der Waals surface area (Å²) >= 11 is 1.04. The molecule has 1 aliphatic heterocycles. The van der Waals surface area contributed by atoms with E-state index in [9.17, 15) is 18.0 Å². The van der Waals surface area contributed by atoms with Crippen LogP contribution in [0.1, 0.15) is 45.7 Å². The fraction of sp³-hybridized carbons (Fsp3) is 0.500. The van der Waals surface area contributed by atoms with Crippen molar-refractivity contribution in [1.82, 2.24) is 0 Å². The Morgan fingerprint density at radius 3 is 2.22 bits per heavy atom. The molecule has 2 N–H and O–H groups in total. The first-order valence-electron chi connectivity index (χ1n) is 8.38. The maximum absolute atomic E-state index is 13.1. The van der Waals surface area contributed by atoms with E-state index in [1.807, 2.05) is 27.7 Å². The number of carbonyl (C=O) groups is 1. The number of carbonyl (C=O) groups excluding carboxylic acids is 1. The molecule has 1 heterocycles. The first-order chi connectivity index (χ1) is 12.2. The van der Waals surface area contributed by atoms with Gasteiger partial charge in [-0.3, -0.25) is 4.79 Å². The molecule has 27 heavy (non-hydrogen) atoms. The summed E-state index contributed by atoms with van der Waals surface area (Å²) in [6.07, 6.45) is -2.96. The van der Waals surface area contributed by atoms with Gasteiger partial charge in [0.2, 0.25) is 0 Å². The van der Waals surface area contributed by atoms with Crippen LogP contribution in [0.15, 0.2) is 23.7 Å². The maximum atomic E-state index is 13.1. The molecule has 0 amide bonds. The molecule has 1 fully saturated rings. The second-order valence-electron chi connectivity index (χ2n) is 7.47. The van der Waals surface area contributed by atoms with Crippen molar-refractivity contribution in [3.8, 4) is 0 Å². The highest BCUT2D eigenvalue weighted by Gasteiger charge is 2.52. The summed E-state index contributed by atoms with van der Waals surface area (Å²) in [5, 5.41) is -0.110. The summed E-state index contributed by atoms with van der Waals surface area (Å²) < 4.78 is 51.2. The molecule has 0 atom stereocenters. The second kappa shape index (κ2) is 7.52.